The zero-order valence-corrected chi connectivity index (χ0v) is 18.5. The van der Waals surface area contributed by atoms with Crippen molar-refractivity contribution in [3.05, 3.63) is 70.0 Å². The van der Waals surface area contributed by atoms with Crippen LogP contribution in [-0.4, -0.2) is 44.2 Å². The molecular formula is C23H24N4O3S. The molecule has 8 heteroatoms. The van der Waals surface area contributed by atoms with Crippen LogP contribution in [0.3, 0.4) is 0 Å². The summed E-state index contributed by atoms with van der Waals surface area (Å²) in [5.74, 6) is 0.190. The summed E-state index contributed by atoms with van der Waals surface area (Å²) in [5.41, 5.74) is 1.79. The van der Waals surface area contributed by atoms with Crippen LogP contribution in [0.25, 0.3) is 10.9 Å². The van der Waals surface area contributed by atoms with E-state index in [9.17, 15) is 14.4 Å². The topological polar surface area (TPSA) is 84.3 Å². The van der Waals surface area contributed by atoms with E-state index in [1.165, 1.54) is 16.7 Å². The van der Waals surface area contributed by atoms with Gasteiger partial charge in [0.25, 0.3) is 11.5 Å². The van der Waals surface area contributed by atoms with Crippen molar-refractivity contribution in [3.8, 4) is 0 Å². The first-order valence-corrected chi connectivity index (χ1v) is 11.1. The van der Waals surface area contributed by atoms with Gasteiger partial charge in [-0.2, -0.15) is 0 Å². The maximum absolute atomic E-state index is 13.2. The number of hydrogen-bond donors (Lipinski definition) is 1. The number of aryl methyl sites for hydroxylation is 1. The minimum Gasteiger partial charge on any atom is -0.324 e. The van der Waals surface area contributed by atoms with E-state index < -0.39 is 5.54 Å². The Balaban J connectivity index is 1.61. The smallest absolute Gasteiger partial charge is 0.324 e. The summed E-state index contributed by atoms with van der Waals surface area (Å²) >= 11 is 1.37. The predicted octanol–water partition coefficient (Wildman–Crippen LogP) is 3.18. The number of carbonyl (C=O) groups is 2. The van der Waals surface area contributed by atoms with Gasteiger partial charge >= 0.3 is 6.03 Å². The number of benzene rings is 2. The number of thioether (sulfide) groups is 1. The number of imide groups is 1. The Bertz CT molecular complexity index is 1220. The van der Waals surface area contributed by atoms with E-state index in [2.05, 4.69) is 5.32 Å². The third-order valence-corrected chi connectivity index (χ3v) is 6.23. The van der Waals surface area contributed by atoms with Gasteiger partial charge < -0.3 is 5.32 Å². The molecule has 3 amide bonds. The molecule has 0 spiro atoms. The number of para-hydroxylation sites is 1. The van der Waals surface area contributed by atoms with Crippen LogP contribution in [0.2, 0.25) is 0 Å². The number of carbonyl (C=O) groups excluding carboxylic acids is 2. The predicted molar refractivity (Wildman–Crippen MR) is 121 cm³/mol. The number of nitrogens with zero attached hydrogens (tertiary/aromatic N) is 3. The average Bonchev–Trinajstić information content (AvgIpc) is 2.93. The van der Waals surface area contributed by atoms with Crippen molar-refractivity contribution >= 4 is 34.6 Å². The first-order chi connectivity index (χ1) is 14.8. The van der Waals surface area contributed by atoms with Crippen LogP contribution in [-0.2, 0) is 11.3 Å². The molecule has 3 aromatic rings. The van der Waals surface area contributed by atoms with Crippen LogP contribution in [0.15, 0.2) is 58.5 Å². The fourth-order valence-corrected chi connectivity index (χ4v) is 4.45. The van der Waals surface area contributed by atoms with Gasteiger partial charge in [-0.25, -0.2) is 9.78 Å². The van der Waals surface area contributed by atoms with Gasteiger partial charge in [-0.15, -0.1) is 0 Å². The quantitative estimate of drug-likeness (QED) is 0.365. The summed E-state index contributed by atoms with van der Waals surface area (Å²) in [6.07, 6.45) is 0. The van der Waals surface area contributed by atoms with Crippen LogP contribution in [0.4, 0.5) is 4.79 Å². The molecule has 4 rings (SSSR count). The summed E-state index contributed by atoms with van der Waals surface area (Å²) in [7, 11) is 0. The van der Waals surface area contributed by atoms with E-state index in [-0.39, 0.29) is 24.0 Å². The van der Waals surface area contributed by atoms with Crippen molar-refractivity contribution in [1.82, 2.24) is 19.8 Å². The Morgan fingerprint density at radius 1 is 1.03 bits per heavy atom. The standard InChI is InChI=1S/C23H24N4O3S/c1-15-8-10-16(11-9-15)14-27-19(28)17-6-4-5-7-18(17)24-22(27)31-13-12-26-20(29)23(2,3)25-21(26)30/h4-11H,12-14H2,1-3H3,(H,25,30). The number of fused-ring (bicyclic) bond motifs is 1. The fourth-order valence-electron chi connectivity index (χ4n) is 3.52. The molecule has 1 saturated heterocycles. The third kappa shape index (κ3) is 4.20. The molecule has 0 bridgehead atoms. The van der Waals surface area contributed by atoms with Crippen LogP contribution >= 0.6 is 11.8 Å². The molecule has 2 heterocycles. The van der Waals surface area contributed by atoms with E-state index in [4.69, 9.17) is 4.98 Å². The highest BCUT2D eigenvalue weighted by molar-refractivity contribution is 7.99. The average molecular weight is 437 g/mol. The third-order valence-electron chi connectivity index (χ3n) is 5.28. The highest BCUT2D eigenvalue weighted by Gasteiger charge is 2.43. The van der Waals surface area contributed by atoms with Gasteiger partial charge in [0.2, 0.25) is 0 Å². The van der Waals surface area contributed by atoms with Crippen molar-refractivity contribution < 1.29 is 9.59 Å². The Hall–Kier alpha value is -3.13. The lowest BCUT2D eigenvalue weighted by molar-refractivity contribution is -0.130. The molecule has 7 nitrogen and oxygen atoms in total. The summed E-state index contributed by atoms with van der Waals surface area (Å²) in [4.78, 5) is 43.7. The monoisotopic (exact) mass is 436 g/mol. The Morgan fingerprint density at radius 3 is 2.42 bits per heavy atom. The minimum atomic E-state index is -0.892. The van der Waals surface area contributed by atoms with Gasteiger partial charge in [0.15, 0.2) is 5.16 Å². The van der Waals surface area contributed by atoms with E-state index in [1.807, 2.05) is 49.4 Å². The molecule has 0 radical (unpaired) electrons. The van der Waals surface area contributed by atoms with Gasteiger partial charge in [0.05, 0.1) is 17.4 Å². The van der Waals surface area contributed by atoms with Crippen molar-refractivity contribution in [1.29, 1.82) is 0 Å². The minimum absolute atomic E-state index is 0.107. The Morgan fingerprint density at radius 2 is 1.74 bits per heavy atom. The Kier molecular flexibility index (Phi) is 5.58. The summed E-state index contributed by atoms with van der Waals surface area (Å²) in [6, 6.07) is 14.9. The molecule has 0 atom stereocenters. The number of aromatic nitrogens is 2. The molecule has 2 aromatic carbocycles. The molecule has 1 fully saturated rings. The van der Waals surface area contributed by atoms with E-state index in [1.54, 1.807) is 24.5 Å². The van der Waals surface area contributed by atoms with Gasteiger partial charge in [-0.3, -0.25) is 19.1 Å². The number of amides is 3. The number of hydrogen-bond acceptors (Lipinski definition) is 5. The number of rotatable bonds is 6. The zero-order valence-electron chi connectivity index (χ0n) is 17.7. The van der Waals surface area contributed by atoms with E-state index >= 15 is 0 Å². The molecule has 0 saturated carbocycles. The highest BCUT2D eigenvalue weighted by Crippen LogP contribution is 2.22. The normalized spacial score (nSPS) is 15.5. The SMILES string of the molecule is Cc1ccc(Cn2c(SCCN3C(=O)NC(C)(C)C3=O)nc3ccccc3c2=O)cc1. The molecule has 0 unspecified atom stereocenters. The second kappa shape index (κ2) is 8.19. The van der Waals surface area contributed by atoms with E-state index in [0.717, 1.165) is 11.1 Å². The van der Waals surface area contributed by atoms with Gasteiger partial charge in [0.1, 0.15) is 5.54 Å². The first-order valence-electron chi connectivity index (χ1n) is 10.1. The van der Waals surface area contributed by atoms with Gasteiger partial charge in [-0.1, -0.05) is 53.7 Å². The first kappa shape index (κ1) is 21.1. The largest absolute Gasteiger partial charge is 0.325 e. The molecule has 1 N–H and O–H groups in total. The van der Waals surface area contributed by atoms with Crippen molar-refractivity contribution in [2.75, 3.05) is 12.3 Å². The van der Waals surface area contributed by atoms with Crippen LogP contribution in [0.5, 0.6) is 0 Å². The second-order valence-corrected chi connectivity index (χ2v) is 9.21. The summed E-state index contributed by atoms with van der Waals surface area (Å²) in [6.45, 7) is 6.03. The second-order valence-electron chi connectivity index (χ2n) is 8.15. The maximum atomic E-state index is 13.2. The molecular weight excluding hydrogens is 412 g/mol. The summed E-state index contributed by atoms with van der Waals surface area (Å²) < 4.78 is 1.66. The number of urea groups is 1. The molecule has 1 aliphatic heterocycles. The lowest BCUT2D eigenvalue weighted by Gasteiger charge is -2.17. The molecule has 1 aliphatic rings. The van der Waals surface area contributed by atoms with Gasteiger partial charge in [0, 0.05) is 12.3 Å². The Labute approximate surface area is 184 Å². The maximum Gasteiger partial charge on any atom is 0.325 e. The van der Waals surface area contributed by atoms with Gasteiger partial charge in [-0.05, 0) is 38.5 Å². The fraction of sp³-hybridized carbons (Fsp3) is 0.304. The van der Waals surface area contributed by atoms with Crippen molar-refractivity contribution in [2.24, 2.45) is 0 Å². The molecule has 31 heavy (non-hydrogen) atoms. The van der Waals surface area contributed by atoms with Crippen molar-refractivity contribution in [2.45, 2.75) is 38.0 Å². The highest BCUT2D eigenvalue weighted by atomic mass is 32.2. The zero-order chi connectivity index (χ0) is 22.2. The lowest BCUT2D eigenvalue weighted by atomic mass is 10.1. The lowest BCUT2D eigenvalue weighted by Crippen LogP contribution is -2.40. The molecule has 160 valence electrons. The van der Waals surface area contributed by atoms with Crippen LogP contribution in [0.1, 0.15) is 25.0 Å². The van der Waals surface area contributed by atoms with Crippen LogP contribution < -0.4 is 10.9 Å². The van der Waals surface area contributed by atoms with Crippen molar-refractivity contribution in [3.63, 3.8) is 0 Å². The van der Waals surface area contributed by atoms with Crippen LogP contribution in [0, 0.1) is 6.92 Å². The number of nitrogens with one attached hydrogen (secondary N) is 1. The molecule has 1 aromatic heterocycles. The molecule has 0 aliphatic carbocycles. The van der Waals surface area contributed by atoms with E-state index in [0.29, 0.717) is 28.4 Å². The summed E-state index contributed by atoms with van der Waals surface area (Å²) in [5, 5.41) is 3.81.